The number of fused-ring (bicyclic) bond motifs is 1. The summed E-state index contributed by atoms with van der Waals surface area (Å²) in [6, 6.07) is 5.82. The third-order valence-electron chi connectivity index (χ3n) is 2.93. The normalized spacial score (nSPS) is 13.2. The molecule has 0 spiro atoms. The van der Waals surface area contributed by atoms with E-state index in [1.165, 1.54) is 5.56 Å². The number of carbonyl (C=O) groups excluding carboxylic acids is 1. The molecule has 4 nitrogen and oxygen atoms in total. The van der Waals surface area contributed by atoms with E-state index in [0.29, 0.717) is 19.5 Å². The third-order valence-corrected chi connectivity index (χ3v) is 2.93. The Bertz CT molecular complexity index is 404. The highest BCUT2D eigenvalue weighted by atomic mass is 16.3. The largest absolute Gasteiger partial charge is 0.396 e. The number of Topliss-reactive ketones (excluding diaryl/α,β-unsaturated/α-hetero) is 1. The lowest BCUT2D eigenvalue weighted by atomic mass is 10.1. The van der Waals surface area contributed by atoms with Gasteiger partial charge in [-0.2, -0.15) is 0 Å². The number of anilines is 1. The monoisotopic (exact) mass is 234 g/mol. The summed E-state index contributed by atoms with van der Waals surface area (Å²) in [5.41, 5.74) is 3.14. The van der Waals surface area contributed by atoms with Crippen LogP contribution in [-0.4, -0.2) is 37.1 Å². The fourth-order valence-corrected chi connectivity index (χ4v) is 1.99. The maximum absolute atomic E-state index is 11.9. The number of aliphatic hydroxyl groups excluding tert-OH is 1. The lowest BCUT2D eigenvalue weighted by molar-refractivity contribution is 0.0990. The number of hydrogen-bond acceptors (Lipinski definition) is 4. The molecule has 0 atom stereocenters. The van der Waals surface area contributed by atoms with Crippen LogP contribution in [-0.2, 0) is 6.42 Å². The Morgan fingerprint density at radius 2 is 2.35 bits per heavy atom. The standard InChI is InChI=1S/C13H18N2O2/c16-7-1-5-14-9-13(17)11-2-3-12-10(8-11)4-6-15-12/h2-3,8,14-16H,1,4-7,9H2. The van der Waals surface area contributed by atoms with Gasteiger partial charge < -0.3 is 15.7 Å². The van der Waals surface area contributed by atoms with Crippen molar-refractivity contribution >= 4 is 11.5 Å². The van der Waals surface area contributed by atoms with Crippen molar-refractivity contribution in [3.8, 4) is 0 Å². The van der Waals surface area contributed by atoms with Gasteiger partial charge in [-0.25, -0.2) is 0 Å². The average molecular weight is 234 g/mol. The quantitative estimate of drug-likeness (QED) is 0.503. The van der Waals surface area contributed by atoms with Crippen molar-refractivity contribution in [2.45, 2.75) is 12.8 Å². The van der Waals surface area contributed by atoms with Gasteiger partial charge in [-0.1, -0.05) is 0 Å². The Balaban J connectivity index is 1.91. The van der Waals surface area contributed by atoms with Crippen molar-refractivity contribution in [1.29, 1.82) is 0 Å². The summed E-state index contributed by atoms with van der Waals surface area (Å²) in [6.45, 7) is 2.13. The van der Waals surface area contributed by atoms with Crippen LogP contribution >= 0.6 is 0 Å². The van der Waals surface area contributed by atoms with Crippen LogP contribution < -0.4 is 10.6 Å². The van der Waals surface area contributed by atoms with E-state index in [9.17, 15) is 4.79 Å². The molecule has 0 unspecified atom stereocenters. The van der Waals surface area contributed by atoms with Crippen LogP contribution in [0.25, 0.3) is 0 Å². The summed E-state index contributed by atoms with van der Waals surface area (Å²) in [6.07, 6.45) is 1.68. The number of rotatable bonds is 6. The Labute approximate surface area is 101 Å². The van der Waals surface area contributed by atoms with Crippen LogP contribution in [0.15, 0.2) is 18.2 Å². The molecule has 2 rings (SSSR count). The van der Waals surface area contributed by atoms with Crippen LogP contribution in [0.3, 0.4) is 0 Å². The van der Waals surface area contributed by atoms with Gasteiger partial charge in [-0.3, -0.25) is 4.79 Å². The average Bonchev–Trinajstić information content (AvgIpc) is 2.81. The molecule has 1 heterocycles. The van der Waals surface area contributed by atoms with Crippen LogP contribution in [0, 0.1) is 0 Å². The molecule has 0 radical (unpaired) electrons. The van der Waals surface area contributed by atoms with Crippen molar-refractivity contribution in [3.63, 3.8) is 0 Å². The minimum Gasteiger partial charge on any atom is -0.396 e. The van der Waals surface area contributed by atoms with Crippen molar-refractivity contribution in [2.24, 2.45) is 0 Å². The molecule has 17 heavy (non-hydrogen) atoms. The summed E-state index contributed by atoms with van der Waals surface area (Å²) in [7, 11) is 0. The summed E-state index contributed by atoms with van der Waals surface area (Å²) in [4.78, 5) is 11.9. The lowest BCUT2D eigenvalue weighted by Gasteiger charge is -2.05. The Morgan fingerprint density at radius 3 is 3.18 bits per heavy atom. The molecule has 0 saturated carbocycles. The Morgan fingerprint density at radius 1 is 1.47 bits per heavy atom. The number of hydrogen-bond donors (Lipinski definition) is 3. The Hall–Kier alpha value is -1.39. The van der Waals surface area contributed by atoms with Gasteiger partial charge in [-0.05, 0) is 43.1 Å². The molecular formula is C13H18N2O2. The number of benzene rings is 1. The zero-order valence-corrected chi connectivity index (χ0v) is 9.83. The SMILES string of the molecule is O=C(CNCCCO)c1ccc2c(c1)CCN2. The molecule has 0 aliphatic carbocycles. The molecule has 0 amide bonds. The van der Waals surface area contributed by atoms with Gasteiger partial charge in [0.2, 0.25) is 0 Å². The fourth-order valence-electron chi connectivity index (χ4n) is 1.99. The lowest BCUT2D eigenvalue weighted by Crippen LogP contribution is -2.24. The zero-order valence-electron chi connectivity index (χ0n) is 9.83. The van der Waals surface area contributed by atoms with Crippen LogP contribution in [0.5, 0.6) is 0 Å². The van der Waals surface area contributed by atoms with Gasteiger partial charge in [-0.15, -0.1) is 0 Å². The van der Waals surface area contributed by atoms with E-state index < -0.39 is 0 Å². The third kappa shape index (κ3) is 3.05. The molecule has 1 aliphatic rings. The van der Waals surface area contributed by atoms with Crippen LogP contribution in [0.1, 0.15) is 22.3 Å². The molecule has 1 aliphatic heterocycles. The summed E-state index contributed by atoms with van der Waals surface area (Å²) < 4.78 is 0. The molecular weight excluding hydrogens is 216 g/mol. The van der Waals surface area contributed by atoms with Gasteiger partial charge in [0, 0.05) is 24.4 Å². The molecule has 0 saturated heterocycles. The van der Waals surface area contributed by atoms with Gasteiger partial charge in [0.25, 0.3) is 0 Å². The molecule has 4 heteroatoms. The minimum absolute atomic E-state index is 0.109. The van der Waals surface area contributed by atoms with Gasteiger partial charge >= 0.3 is 0 Å². The van der Waals surface area contributed by atoms with E-state index in [0.717, 1.165) is 24.2 Å². The molecule has 1 aromatic carbocycles. The van der Waals surface area contributed by atoms with Gasteiger partial charge in [0.15, 0.2) is 5.78 Å². The summed E-state index contributed by atoms with van der Waals surface area (Å²) >= 11 is 0. The van der Waals surface area contributed by atoms with E-state index >= 15 is 0 Å². The maximum Gasteiger partial charge on any atom is 0.176 e. The zero-order chi connectivity index (χ0) is 12.1. The van der Waals surface area contributed by atoms with Crippen LogP contribution in [0.4, 0.5) is 5.69 Å². The molecule has 1 aromatic rings. The van der Waals surface area contributed by atoms with Crippen molar-refractivity contribution < 1.29 is 9.90 Å². The predicted molar refractivity (Wildman–Crippen MR) is 67.5 cm³/mol. The number of aliphatic hydroxyl groups is 1. The van der Waals surface area contributed by atoms with Crippen molar-refractivity contribution in [3.05, 3.63) is 29.3 Å². The first-order valence-corrected chi connectivity index (χ1v) is 6.03. The van der Waals surface area contributed by atoms with E-state index in [4.69, 9.17) is 5.11 Å². The van der Waals surface area contributed by atoms with E-state index in [1.807, 2.05) is 18.2 Å². The Kier molecular flexibility index (Phi) is 4.12. The van der Waals surface area contributed by atoms with E-state index in [2.05, 4.69) is 10.6 Å². The van der Waals surface area contributed by atoms with Crippen molar-refractivity contribution in [1.82, 2.24) is 5.32 Å². The van der Waals surface area contributed by atoms with E-state index in [-0.39, 0.29) is 12.4 Å². The first-order chi connectivity index (χ1) is 8.31. The second-order valence-electron chi connectivity index (χ2n) is 4.23. The number of ketones is 1. The smallest absolute Gasteiger partial charge is 0.176 e. The first-order valence-electron chi connectivity index (χ1n) is 6.03. The van der Waals surface area contributed by atoms with Gasteiger partial charge in [0.05, 0.1) is 6.54 Å². The molecule has 0 aromatic heterocycles. The number of carbonyl (C=O) groups is 1. The highest BCUT2D eigenvalue weighted by molar-refractivity contribution is 5.98. The fraction of sp³-hybridized carbons (Fsp3) is 0.462. The molecule has 0 bridgehead atoms. The predicted octanol–water partition coefficient (Wildman–Crippen LogP) is 0.809. The highest BCUT2D eigenvalue weighted by Gasteiger charge is 2.12. The van der Waals surface area contributed by atoms with E-state index in [1.54, 1.807) is 0 Å². The topological polar surface area (TPSA) is 61.4 Å². The maximum atomic E-state index is 11.9. The first kappa shape index (κ1) is 12.1. The second kappa shape index (κ2) is 5.80. The van der Waals surface area contributed by atoms with Crippen LogP contribution in [0.2, 0.25) is 0 Å². The highest BCUT2D eigenvalue weighted by Crippen LogP contribution is 2.22. The summed E-state index contributed by atoms with van der Waals surface area (Å²) in [5.74, 6) is 0.109. The molecule has 92 valence electrons. The minimum atomic E-state index is 0.109. The molecule has 0 fully saturated rings. The number of nitrogens with one attached hydrogen (secondary N) is 2. The molecule has 3 N–H and O–H groups in total. The van der Waals surface area contributed by atoms with Crippen molar-refractivity contribution in [2.75, 3.05) is 31.6 Å². The second-order valence-corrected chi connectivity index (χ2v) is 4.23. The summed E-state index contributed by atoms with van der Waals surface area (Å²) in [5, 5.41) is 14.9. The van der Waals surface area contributed by atoms with Gasteiger partial charge in [0.1, 0.15) is 0 Å².